The lowest BCUT2D eigenvalue weighted by molar-refractivity contribution is -0.139. The van der Waals surface area contributed by atoms with E-state index in [9.17, 15) is 9.59 Å². The van der Waals surface area contributed by atoms with Gasteiger partial charge in [0.05, 0.1) is 5.92 Å². The van der Waals surface area contributed by atoms with Gasteiger partial charge in [-0.3, -0.25) is 9.59 Å². The van der Waals surface area contributed by atoms with Crippen molar-refractivity contribution >= 4 is 17.8 Å². The molecule has 0 amide bonds. The number of benzene rings is 2. The molecule has 26 heavy (non-hydrogen) atoms. The quantitative estimate of drug-likeness (QED) is 0.260. The normalized spacial score (nSPS) is 23.5. The number of fused-ring (bicyclic) bond motifs is 2. The van der Waals surface area contributed by atoms with Crippen LogP contribution in [0, 0.1) is 17.8 Å². The van der Waals surface area contributed by atoms with E-state index in [1.165, 1.54) is 6.08 Å². The molecule has 4 rings (SSSR count). The molecule has 1 saturated carbocycles. The third-order valence-electron chi connectivity index (χ3n) is 5.15. The first-order valence-corrected chi connectivity index (χ1v) is 8.96. The Kier molecular flexibility index (Phi) is 4.53. The summed E-state index contributed by atoms with van der Waals surface area (Å²) in [6.45, 7) is 0. The summed E-state index contributed by atoms with van der Waals surface area (Å²) in [5.41, 5.74) is 1.48. The lowest BCUT2D eigenvalue weighted by Gasteiger charge is -2.16. The summed E-state index contributed by atoms with van der Waals surface area (Å²) in [7, 11) is 0. The second-order valence-electron chi connectivity index (χ2n) is 6.94. The fraction of sp³-hybridized carbons (Fsp3) is 0.217. The Morgan fingerprint density at radius 1 is 0.962 bits per heavy atom. The van der Waals surface area contributed by atoms with Crippen LogP contribution < -0.4 is 4.74 Å². The number of carbonyl (C=O) groups excluding carboxylic acids is 2. The van der Waals surface area contributed by atoms with Crippen LogP contribution in [-0.4, -0.2) is 11.8 Å². The Labute approximate surface area is 153 Å². The average molecular weight is 344 g/mol. The van der Waals surface area contributed by atoms with Crippen molar-refractivity contribution in [1.29, 1.82) is 0 Å². The van der Waals surface area contributed by atoms with Crippen molar-refractivity contribution in [1.82, 2.24) is 0 Å². The first-order valence-electron chi connectivity index (χ1n) is 8.96. The molecular weight excluding hydrogens is 324 g/mol. The molecule has 0 saturated heterocycles. The first-order chi connectivity index (χ1) is 12.7. The number of allylic oxidation sites excluding steroid dienone is 3. The van der Waals surface area contributed by atoms with Gasteiger partial charge in [0.2, 0.25) is 0 Å². The molecule has 2 aromatic carbocycles. The van der Waals surface area contributed by atoms with Gasteiger partial charge in [0, 0.05) is 5.56 Å². The molecule has 3 nitrogen and oxygen atoms in total. The second kappa shape index (κ2) is 7.12. The number of ketones is 1. The lowest BCUT2D eigenvalue weighted by atomic mass is 9.94. The van der Waals surface area contributed by atoms with E-state index in [1.54, 1.807) is 30.3 Å². The van der Waals surface area contributed by atoms with Gasteiger partial charge in [0.15, 0.2) is 5.78 Å². The fourth-order valence-electron chi connectivity index (χ4n) is 3.79. The van der Waals surface area contributed by atoms with E-state index in [0.717, 1.165) is 18.4 Å². The molecular formula is C23H20O3. The zero-order valence-electron chi connectivity index (χ0n) is 14.4. The molecule has 3 heteroatoms. The van der Waals surface area contributed by atoms with Gasteiger partial charge >= 0.3 is 5.97 Å². The van der Waals surface area contributed by atoms with Crippen LogP contribution in [0.5, 0.6) is 5.75 Å². The summed E-state index contributed by atoms with van der Waals surface area (Å²) in [4.78, 5) is 24.8. The largest absolute Gasteiger partial charge is 0.426 e. The van der Waals surface area contributed by atoms with Crippen LogP contribution >= 0.6 is 0 Å². The number of carbonyl (C=O) groups is 2. The highest BCUT2D eigenvalue weighted by atomic mass is 16.5. The van der Waals surface area contributed by atoms with E-state index in [1.807, 2.05) is 30.3 Å². The number of hydrogen-bond donors (Lipinski definition) is 0. The highest BCUT2D eigenvalue weighted by molar-refractivity contribution is 6.07. The first kappa shape index (κ1) is 16.5. The standard InChI is InChI=1S/C23H20O3/c24-22(12-10-16-5-2-1-3-6-16)19-7-4-8-20(15-19)26-23(25)21-14-17-9-11-18(21)13-17/h1-12,15,17-18,21H,13-14H2/b12-10+. The molecule has 0 heterocycles. The van der Waals surface area contributed by atoms with Crippen molar-refractivity contribution in [3.05, 3.63) is 84.0 Å². The van der Waals surface area contributed by atoms with Crippen molar-refractivity contribution in [2.24, 2.45) is 17.8 Å². The van der Waals surface area contributed by atoms with Gasteiger partial charge < -0.3 is 4.74 Å². The van der Waals surface area contributed by atoms with E-state index in [4.69, 9.17) is 4.74 Å². The van der Waals surface area contributed by atoms with Crippen LogP contribution in [0.4, 0.5) is 0 Å². The van der Waals surface area contributed by atoms with Gasteiger partial charge in [-0.2, -0.15) is 0 Å². The predicted molar refractivity (Wildman–Crippen MR) is 101 cm³/mol. The van der Waals surface area contributed by atoms with Crippen LogP contribution in [0.1, 0.15) is 28.8 Å². The molecule has 130 valence electrons. The third kappa shape index (κ3) is 3.52. The molecule has 2 aliphatic rings. The third-order valence-corrected chi connectivity index (χ3v) is 5.15. The van der Waals surface area contributed by atoms with Crippen LogP contribution in [0.15, 0.2) is 72.8 Å². The zero-order valence-corrected chi connectivity index (χ0v) is 14.4. The molecule has 0 radical (unpaired) electrons. The molecule has 2 bridgehead atoms. The van der Waals surface area contributed by atoms with Gasteiger partial charge in [-0.1, -0.05) is 60.7 Å². The predicted octanol–water partition coefficient (Wildman–Crippen LogP) is 4.70. The minimum atomic E-state index is -0.189. The summed E-state index contributed by atoms with van der Waals surface area (Å²) in [6, 6.07) is 16.5. The smallest absolute Gasteiger partial charge is 0.314 e. The number of rotatable bonds is 5. The van der Waals surface area contributed by atoms with E-state index in [0.29, 0.717) is 23.1 Å². The Bertz CT molecular complexity index is 879. The van der Waals surface area contributed by atoms with E-state index < -0.39 is 0 Å². The molecule has 3 unspecified atom stereocenters. The molecule has 0 aliphatic heterocycles. The Balaban J connectivity index is 1.43. The molecule has 3 atom stereocenters. The van der Waals surface area contributed by atoms with Crippen LogP contribution in [-0.2, 0) is 4.79 Å². The second-order valence-corrected chi connectivity index (χ2v) is 6.94. The van der Waals surface area contributed by atoms with Gasteiger partial charge in [-0.05, 0) is 48.4 Å². The Hall–Kier alpha value is -2.94. The average Bonchev–Trinajstić information content (AvgIpc) is 3.31. The molecule has 1 fully saturated rings. The van der Waals surface area contributed by atoms with E-state index >= 15 is 0 Å². The highest BCUT2D eigenvalue weighted by Crippen LogP contribution is 2.43. The molecule has 0 aromatic heterocycles. The molecule has 2 aromatic rings. The van der Waals surface area contributed by atoms with Gasteiger partial charge in [-0.15, -0.1) is 0 Å². The van der Waals surface area contributed by atoms with Gasteiger partial charge in [-0.25, -0.2) is 0 Å². The van der Waals surface area contributed by atoms with Crippen molar-refractivity contribution in [3.8, 4) is 5.75 Å². The van der Waals surface area contributed by atoms with Crippen molar-refractivity contribution < 1.29 is 14.3 Å². The van der Waals surface area contributed by atoms with Crippen molar-refractivity contribution in [2.45, 2.75) is 12.8 Å². The number of esters is 1. The fourth-order valence-corrected chi connectivity index (χ4v) is 3.79. The van der Waals surface area contributed by atoms with Crippen molar-refractivity contribution in [2.75, 3.05) is 0 Å². The summed E-state index contributed by atoms with van der Waals surface area (Å²) in [5, 5.41) is 0. The van der Waals surface area contributed by atoms with Gasteiger partial charge in [0.25, 0.3) is 0 Å². The van der Waals surface area contributed by atoms with Crippen LogP contribution in [0.3, 0.4) is 0 Å². The Morgan fingerprint density at radius 2 is 1.81 bits per heavy atom. The maximum atomic E-state index is 12.4. The minimum absolute atomic E-state index is 0.0534. The van der Waals surface area contributed by atoms with E-state index in [2.05, 4.69) is 12.2 Å². The molecule has 2 aliphatic carbocycles. The van der Waals surface area contributed by atoms with Crippen LogP contribution in [0.25, 0.3) is 6.08 Å². The number of hydrogen-bond acceptors (Lipinski definition) is 3. The molecule has 0 N–H and O–H groups in total. The van der Waals surface area contributed by atoms with Gasteiger partial charge in [0.1, 0.15) is 5.75 Å². The number of ether oxygens (including phenoxy) is 1. The SMILES string of the molecule is O=C(/C=C/c1ccccc1)c1cccc(OC(=O)C2CC3C=CC2C3)c1. The minimum Gasteiger partial charge on any atom is -0.426 e. The highest BCUT2D eigenvalue weighted by Gasteiger charge is 2.40. The topological polar surface area (TPSA) is 43.4 Å². The maximum Gasteiger partial charge on any atom is 0.314 e. The van der Waals surface area contributed by atoms with Crippen molar-refractivity contribution in [3.63, 3.8) is 0 Å². The molecule has 0 spiro atoms. The van der Waals surface area contributed by atoms with E-state index in [-0.39, 0.29) is 17.7 Å². The summed E-state index contributed by atoms with van der Waals surface area (Å²) in [5.74, 6) is 0.906. The maximum absolute atomic E-state index is 12.4. The monoisotopic (exact) mass is 344 g/mol. The summed E-state index contributed by atoms with van der Waals surface area (Å²) in [6.07, 6.45) is 9.59. The zero-order chi connectivity index (χ0) is 17.9. The summed E-state index contributed by atoms with van der Waals surface area (Å²) >= 11 is 0. The lowest BCUT2D eigenvalue weighted by Crippen LogP contribution is -2.24. The summed E-state index contributed by atoms with van der Waals surface area (Å²) < 4.78 is 5.56. The van der Waals surface area contributed by atoms with Crippen LogP contribution in [0.2, 0.25) is 0 Å². The Morgan fingerprint density at radius 3 is 2.54 bits per heavy atom.